The van der Waals surface area contributed by atoms with Gasteiger partial charge in [-0.2, -0.15) is 0 Å². The number of hydrogen-bond acceptors (Lipinski definition) is 3. The van der Waals surface area contributed by atoms with E-state index in [1.807, 2.05) is 0 Å². The molecule has 4 fully saturated rings. The largest absolute Gasteiger partial charge is 0.463 e. The van der Waals surface area contributed by atoms with Gasteiger partial charge in [0.25, 0.3) is 0 Å². The molecule has 0 bridgehead atoms. The van der Waals surface area contributed by atoms with Crippen molar-refractivity contribution in [3.05, 3.63) is 0 Å². The number of fused-ring (bicyclic) bond motifs is 5. The van der Waals surface area contributed by atoms with Crippen molar-refractivity contribution >= 4 is 5.97 Å². The molecule has 0 radical (unpaired) electrons. The molecule has 0 saturated heterocycles. The number of hydrogen-bond donors (Lipinski definition) is 1. The van der Waals surface area contributed by atoms with E-state index in [0.717, 1.165) is 48.3 Å². The smallest absolute Gasteiger partial charge is 0.302 e. The first kappa shape index (κ1) is 24.6. The first-order valence-corrected chi connectivity index (χ1v) is 14.0. The molecule has 184 valence electrons. The molecular formula is C29H51NO2. The summed E-state index contributed by atoms with van der Waals surface area (Å²) in [6, 6.07) is 0.268. The maximum absolute atomic E-state index is 11.6. The highest BCUT2D eigenvalue weighted by Gasteiger charge is 2.62. The predicted molar refractivity (Wildman–Crippen MR) is 132 cm³/mol. The van der Waals surface area contributed by atoms with E-state index in [2.05, 4.69) is 34.6 Å². The Hall–Kier alpha value is -0.570. The van der Waals surface area contributed by atoms with Gasteiger partial charge in [-0.25, -0.2) is 0 Å². The van der Waals surface area contributed by atoms with E-state index >= 15 is 0 Å². The molecule has 0 heterocycles. The third-order valence-electron chi connectivity index (χ3n) is 11.2. The molecule has 0 spiro atoms. The average molecular weight is 446 g/mol. The number of ether oxygens (including phenoxy) is 1. The van der Waals surface area contributed by atoms with Crippen molar-refractivity contribution < 1.29 is 9.53 Å². The van der Waals surface area contributed by atoms with Crippen molar-refractivity contribution in [1.29, 1.82) is 0 Å². The summed E-state index contributed by atoms with van der Waals surface area (Å²) in [5.41, 5.74) is 7.81. The van der Waals surface area contributed by atoms with Gasteiger partial charge < -0.3 is 10.5 Å². The quantitative estimate of drug-likeness (QED) is 0.449. The fourth-order valence-corrected chi connectivity index (χ4v) is 9.73. The molecule has 0 aliphatic heterocycles. The van der Waals surface area contributed by atoms with E-state index in [9.17, 15) is 4.79 Å². The molecule has 7 unspecified atom stereocenters. The molecule has 0 aromatic carbocycles. The number of nitrogens with two attached hydrogens (primary N) is 1. The van der Waals surface area contributed by atoms with E-state index in [-0.39, 0.29) is 18.1 Å². The molecule has 3 heteroatoms. The summed E-state index contributed by atoms with van der Waals surface area (Å²) in [6.07, 6.45) is 14.4. The van der Waals surface area contributed by atoms with Crippen molar-refractivity contribution in [3.8, 4) is 0 Å². The van der Waals surface area contributed by atoms with Gasteiger partial charge in [0.2, 0.25) is 0 Å². The van der Waals surface area contributed by atoms with E-state index in [0.29, 0.717) is 16.7 Å². The van der Waals surface area contributed by atoms with Crippen molar-refractivity contribution in [2.45, 2.75) is 124 Å². The van der Waals surface area contributed by atoms with E-state index in [1.54, 1.807) is 6.92 Å². The lowest BCUT2D eigenvalue weighted by atomic mass is 9.43. The van der Waals surface area contributed by atoms with Gasteiger partial charge in [-0.15, -0.1) is 0 Å². The molecule has 4 saturated carbocycles. The lowest BCUT2D eigenvalue weighted by molar-refractivity contribution is -0.163. The highest BCUT2D eigenvalue weighted by Crippen LogP contribution is 2.68. The molecular weight excluding hydrogens is 394 g/mol. The van der Waals surface area contributed by atoms with Crippen LogP contribution in [0.2, 0.25) is 0 Å². The number of carbonyl (C=O) groups excluding carboxylic acids is 1. The second-order valence-corrected chi connectivity index (χ2v) is 13.4. The van der Waals surface area contributed by atoms with Gasteiger partial charge in [0, 0.05) is 13.0 Å². The van der Waals surface area contributed by atoms with Crippen LogP contribution in [0.15, 0.2) is 0 Å². The van der Waals surface area contributed by atoms with Gasteiger partial charge in [-0.05, 0) is 104 Å². The molecule has 4 aliphatic carbocycles. The zero-order chi connectivity index (χ0) is 23.3. The van der Waals surface area contributed by atoms with Gasteiger partial charge in [-0.1, -0.05) is 53.9 Å². The Balaban J connectivity index is 1.47. The second-order valence-electron chi connectivity index (χ2n) is 13.4. The SMILES string of the molecule is CC(=O)O[C@H]1CCC2(C)C3CCC4(C)C(C(C)CCCC(C)C)CCC4C3C[C@@H](N)[C@H]2C1. The minimum absolute atomic E-state index is 0.0876. The molecule has 2 N–H and O–H groups in total. The molecule has 3 nitrogen and oxygen atoms in total. The van der Waals surface area contributed by atoms with Crippen LogP contribution in [0.1, 0.15) is 112 Å². The van der Waals surface area contributed by atoms with Crippen LogP contribution in [0.4, 0.5) is 0 Å². The fraction of sp³-hybridized carbons (Fsp3) is 0.966. The molecule has 4 rings (SSSR count). The summed E-state index contributed by atoms with van der Waals surface area (Å²) in [6.45, 7) is 14.1. The van der Waals surface area contributed by atoms with E-state index < -0.39 is 0 Å². The third-order valence-corrected chi connectivity index (χ3v) is 11.2. The van der Waals surface area contributed by atoms with Gasteiger partial charge in [0.05, 0.1) is 0 Å². The first-order chi connectivity index (χ1) is 15.1. The Morgan fingerprint density at radius 2 is 1.62 bits per heavy atom. The van der Waals surface area contributed by atoms with Crippen molar-refractivity contribution in [2.75, 3.05) is 0 Å². The number of carbonyl (C=O) groups is 1. The number of rotatable bonds is 6. The van der Waals surface area contributed by atoms with Gasteiger partial charge >= 0.3 is 5.97 Å². The standard InChI is InChI=1S/C29H51NO2/c1-18(2)8-7-9-19(3)23-10-11-24-22-17-27(30)26-16-21(32-20(4)31)12-14-29(26,6)25(22)13-15-28(23,24)5/h18-19,21-27H,7-17,30H2,1-6H3/t19?,21-,22?,23?,24?,25?,26+,27+,28?,29?/m0/s1. The fourth-order valence-electron chi connectivity index (χ4n) is 9.73. The Bertz CT molecular complexity index is 676. The molecule has 4 aliphatic rings. The Labute approximate surface area is 198 Å². The van der Waals surface area contributed by atoms with Crippen LogP contribution in [-0.4, -0.2) is 18.1 Å². The van der Waals surface area contributed by atoms with Crippen molar-refractivity contribution in [1.82, 2.24) is 0 Å². The van der Waals surface area contributed by atoms with Gasteiger partial charge in [0.15, 0.2) is 0 Å². The maximum Gasteiger partial charge on any atom is 0.302 e. The van der Waals surface area contributed by atoms with Crippen LogP contribution in [0.3, 0.4) is 0 Å². The van der Waals surface area contributed by atoms with E-state index in [4.69, 9.17) is 10.5 Å². The zero-order valence-electron chi connectivity index (χ0n) is 21.9. The minimum Gasteiger partial charge on any atom is -0.463 e. The lowest BCUT2D eigenvalue weighted by Gasteiger charge is -2.62. The van der Waals surface area contributed by atoms with Crippen molar-refractivity contribution in [2.24, 2.45) is 58.0 Å². The first-order valence-electron chi connectivity index (χ1n) is 14.0. The van der Waals surface area contributed by atoms with E-state index in [1.165, 1.54) is 57.8 Å². The Morgan fingerprint density at radius 1 is 0.938 bits per heavy atom. The van der Waals surface area contributed by atoms with Crippen LogP contribution in [0.5, 0.6) is 0 Å². The van der Waals surface area contributed by atoms with Gasteiger partial charge in [0.1, 0.15) is 6.10 Å². The summed E-state index contributed by atoms with van der Waals surface area (Å²) in [4.78, 5) is 11.6. The highest BCUT2D eigenvalue weighted by atomic mass is 16.5. The molecule has 10 atom stereocenters. The second kappa shape index (κ2) is 9.23. The summed E-state index contributed by atoms with van der Waals surface area (Å²) < 4.78 is 5.65. The third kappa shape index (κ3) is 4.29. The van der Waals surface area contributed by atoms with Crippen molar-refractivity contribution in [3.63, 3.8) is 0 Å². The number of esters is 1. The monoisotopic (exact) mass is 445 g/mol. The van der Waals surface area contributed by atoms with Crippen LogP contribution >= 0.6 is 0 Å². The van der Waals surface area contributed by atoms with Crippen LogP contribution < -0.4 is 5.73 Å². The molecule has 0 aromatic heterocycles. The Kier molecular flexibility index (Phi) is 7.08. The minimum atomic E-state index is -0.131. The Morgan fingerprint density at radius 3 is 2.31 bits per heavy atom. The summed E-state index contributed by atoms with van der Waals surface area (Å²) in [5, 5.41) is 0. The van der Waals surface area contributed by atoms with Crippen LogP contribution in [0, 0.1) is 52.3 Å². The molecule has 0 amide bonds. The summed E-state index contributed by atoms with van der Waals surface area (Å²) in [7, 11) is 0. The summed E-state index contributed by atoms with van der Waals surface area (Å²) >= 11 is 0. The summed E-state index contributed by atoms with van der Waals surface area (Å²) in [5.74, 6) is 5.47. The highest BCUT2D eigenvalue weighted by molar-refractivity contribution is 5.66. The average Bonchev–Trinajstić information content (AvgIpc) is 3.06. The lowest BCUT2D eigenvalue weighted by Crippen LogP contribution is -2.60. The topological polar surface area (TPSA) is 52.3 Å². The predicted octanol–water partition coefficient (Wildman–Crippen LogP) is 6.98. The normalized spacial score (nSPS) is 46.8. The maximum atomic E-state index is 11.6. The zero-order valence-corrected chi connectivity index (χ0v) is 21.9. The van der Waals surface area contributed by atoms with Gasteiger partial charge in [-0.3, -0.25) is 4.79 Å². The van der Waals surface area contributed by atoms with Crippen LogP contribution in [-0.2, 0) is 9.53 Å². The van der Waals surface area contributed by atoms with Crippen LogP contribution in [0.25, 0.3) is 0 Å². The molecule has 0 aromatic rings. The molecule has 32 heavy (non-hydrogen) atoms.